The Bertz CT molecular complexity index is 686. The number of carbonyl (C=O) groups is 2. The predicted octanol–water partition coefficient (Wildman–Crippen LogP) is 3.23. The fraction of sp³-hybridized carbons (Fsp3) is 0.238. The topological polar surface area (TPSA) is 55.4 Å². The van der Waals surface area contributed by atoms with E-state index in [9.17, 15) is 9.59 Å². The number of methoxy groups -OCH3 is 1. The summed E-state index contributed by atoms with van der Waals surface area (Å²) >= 11 is 0. The molecule has 0 aromatic heterocycles. The maximum Gasteiger partial charge on any atom is 0.328 e. The van der Waals surface area contributed by atoms with E-state index < -0.39 is 17.4 Å². The molecule has 4 nitrogen and oxygen atoms in total. The zero-order chi connectivity index (χ0) is 18.3. The highest BCUT2D eigenvalue weighted by Crippen LogP contribution is 2.32. The molecule has 25 heavy (non-hydrogen) atoms. The van der Waals surface area contributed by atoms with Crippen LogP contribution >= 0.6 is 0 Å². The Labute approximate surface area is 148 Å². The van der Waals surface area contributed by atoms with E-state index in [1.807, 2.05) is 67.6 Å². The van der Waals surface area contributed by atoms with Crippen molar-refractivity contribution in [3.8, 4) is 0 Å². The van der Waals surface area contributed by atoms with Crippen LogP contribution in [0.25, 0.3) is 0 Å². The Morgan fingerprint density at radius 2 is 1.56 bits per heavy atom. The number of benzene rings is 2. The molecule has 2 aromatic rings. The molecule has 0 unspecified atom stereocenters. The highest BCUT2D eigenvalue weighted by atomic mass is 16.5. The summed E-state index contributed by atoms with van der Waals surface area (Å²) in [6.45, 7) is 5.50. The summed E-state index contributed by atoms with van der Waals surface area (Å²) in [6, 6.07) is 18.3. The Balaban J connectivity index is 2.44. The van der Waals surface area contributed by atoms with Crippen molar-refractivity contribution in [3.05, 3.63) is 84.4 Å². The average Bonchev–Trinajstić information content (AvgIpc) is 2.67. The number of hydrogen-bond donors (Lipinski definition) is 1. The number of carbonyl (C=O) groups excluding carboxylic acids is 2. The second-order valence-electron chi connectivity index (χ2n) is 5.93. The monoisotopic (exact) mass is 337 g/mol. The lowest BCUT2D eigenvalue weighted by molar-refractivity contribution is -0.145. The molecule has 2 aromatic carbocycles. The standard InChI is InChI=1S/C21H23NO3/c1-4-11-18(19(23)25-3)22-20(24)21(2,16-12-7-5-8-13-16)17-14-9-6-10-15-17/h4-10,12-15,18H,1,11H2,2-3H3,(H,22,24)/t18-/m1/s1. The molecule has 0 fully saturated rings. The highest BCUT2D eigenvalue weighted by molar-refractivity contribution is 5.94. The zero-order valence-corrected chi connectivity index (χ0v) is 14.6. The van der Waals surface area contributed by atoms with Crippen LogP contribution in [0.15, 0.2) is 73.3 Å². The maximum atomic E-state index is 13.2. The number of ether oxygens (including phenoxy) is 1. The molecule has 1 amide bonds. The molecule has 0 bridgehead atoms. The smallest absolute Gasteiger partial charge is 0.328 e. The van der Waals surface area contributed by atoms with Gasteiger partial charge in [0.15, 0.2) is 0 Å². The fourth-order valence-corrected chi connectivity index (χ4v) is 2.80. The fourth-order valence-electron chi connectivity index (χ4n) is 2.80. The summed E-state index contributed by atoms with van der Waals surface area (Å²) in [5.41, 5.74) is 0.762. The molecule has 1 atom stereocenters. The number of rotatable bonds is 7. The van der Waals surface area contributed by atoms with Crippen LogP contribution < -0.4 is 5.32 Å². The molecule has 0 spiro atoms. The van der Waals surface area contributed by atoms with E-state index in [0.29, 0.717) is 6.42 Å². The van der Waals surface area contributed by atoms with Crippen molar-refractivity contribution in [2.24, 2.45) is 0 Å². The van der Waals surface area contributed by atoms with E-state index in [-0.39, 0.29) is 5.91 Å². The summed E-state index contributed by atoms with van der Waals surface area (Å²) in [7, 11) is 1.30. The van der Waals surface area contributed by atoms with Crippen LogP contribution in [0.4, 0.5) is 0 Å². The molecule has 0 heterocycles. The van der Waals surface area contributed by atoms with Gasteiger partial charge in [-0.15, -0.1) is 6.58 Å². The van der Waals surface area contributed by atoms with Crippen LogP contribution in [0.2, 0.25) is 0 Å². The minimum Gasteiger partial charge on any atom is -0.467 e. The van der Waals surface area contributed by atoms with E-state index in [1.165, 1.54) is 7.11 Å². The van der Waals surface area contributed by atoms with Gasteiger partial charge in [-0.25, -0.2) is 4.79 Å². The van der Waals surface area contributed by atoms with Crippen molar-refractivity contribution in [1.29, 1.82) is 0 Å². The van der Waals surface area contributed by atoms with E-state index in [1.54, 1.807) is 6.08 Å². The summed E-state index contributed by atoms with van der Waals surface area (Å²) < 4.78 is 4.79. The van der Waals surface area contributed by atoms with Crippen molar-refractivity contribution in [1.82, 2.24) is 5.32 Å². The van der Waals surface area contributed by atoms with Crippen LogP contribution in [-0.4, -0.2) is 25.0 Å². The summed E-state index contributed by atoms with van der Waals surface area (Å²) in [5, 5.41) is 2.82. The zero-order valence-electron chi connectivity index (χ0n) is 14.6. The van der Waals surface area contributed by atoms with Gasteiger partial charge in [0.2, 0.25) is 5.91 Å². The first-order valence-electron chi connectivity index (χ1n) is 8.14. The highest BCUT2D eigenvalue weighted by Gasteiger charge is 2.38. The van der Waals surface area contributed by atoms with Crippen LogP contribution in [0.3, 0.4) is 0 Å². The summed E-state index contributed by atoms with van der Waals surface area (Å²) in [4.78, 5) is 25.2. The van der Waals surface area contributed by atoms with Gasteiger partial charge in [-0.05, 0) is 24.5 Å². The predicted molar refractivity (Wildman–Crippen MR) is 98.1 cm³/mol. The molecule has 4 heteroatoms. The minimum absolute atomic E-state index is 0.262. The van der Waals surface area contributed by atoms with E-state index in [2.05, 4.69) is 11.9 Å². The lowest BCUT2D eigenvalue weighted by Crippen LogP contribution is -2.50. The lowest BCUT2D eigenvalue weighted by atomic mass is 9.75. The third kappa shape index (κ3) is 3.97. The van der Waals surface area contributed by atoms with Gasteiger partial charge in [-0.2, -0.15) is 0 Å². The van der Waals surface area contributed by atoms with Gasteiger partial charge in [0.1, 0.15) is 6.04 Å². The number of amides is 1. The summed E-state index contributed by atoms with van der Waals surface area (Å²) in [5.74, 6) is -0.751. The Morgan fingerprint density at radius 3 is 1.96 bits per heavy atom. The summed E-state index contributed by atoms with van der Waals surface area (Å²) in [6.07, 6.45) is 1.89. The minimum atomic E-state index is -0.935. The van der Waals surface area contributed by atoms with E-state index in [4.69, 9.17) is 4.74 Å². The molecule has 0 saturated carbocycles. The van der Waals surface area contributed by atoms with Crippen LogP contribution in [0.5, 0.6) is 0 Å². The molecule has 2 rings (SSSR count). The van der Waals surface area contributed by atoms with Gasteiger partial charge >= 0.3 is 5.97 Å². The van der Waals surface area contributed by atoms with E-state index in [0.717, 1.165) is 11.1 Å². The van der Waals surface area contributed by atoms with Gasteiger partial charge in [-0.3, -0.25) is 4.79 Å². The second-order valence-corrected chi connectivity index (χ2v) is 5.93. The SMILES string of the molecule is C=CC[C@@H](NC(=O)C(C)(c1ccccc1)c1ccccc1)C(=O)OC. The quantitative estimate of drug-likeness (QED) is 0.623. The van der Waals surface area contributed by atoms with Crippen LogP contribution in [0.1, 0.15) is 24.5 Å². The molecule has 0 saturated heterocycles. The average molecular weight is 337 g/mol. The number of nitrogens with one attached hydrogen (secondary N) is 1. The van der Waals surface area contributed by atoms with Gasteiger partial charge < -0.3 is 10.1 Å². The van der Waals surface area contributed by atoms with Crippen molar-refractivity contribution in [2.75, 3.05) is 7.11 Å². The third-order valence-corrected chi connectivity index (χ3v) is 4.35. The first kappa shape index (κ1) is 18.5. The maximum absolute atomic E-state index is 13.2. The Kier molecular flexibility index (Phi) is 6.12. The molecular weight excluding hydrogens is 314 g/mol. The molecular formula is C21H23NO3. The second kappa shape index (κ2) is 8.29. The van der Waals surface area contributed by atoms with Crippen molar-refractivity contribution < 1.29 is 14.3 Å². The van der Waals surface area contributed by atoms with Gasteiger partial charge in [0.25, 0.3) is 0 Å². The van der Waals surface area contributed by atoms with Crippen molar-refractivity contribution >= 4 is 11.9 Å². The molecule has 1 N–H and O–H groups in total. The molecule has 0 aliphatic heterocycles. The van der Waals surface area contributed by atoms with Gasteiger partial charge in [0.05, 0.1) is 12.5 Å². The Hall–Kier alpha value is -2.88. The lowest BCUT2D eigenvalue weighted by Gasteiger charge is -2.31. The molecule has 0 radical (unpaired) electrons. The number of hydrogen-bond acceptors (Lipinski definition) is 3. The van der Waals surface area contributed by atoms with Crippen LogP contribution in [-0.2, 0) is 19.7 Å². The van der Waals surface area contributed by atoms with Gasteiger partial charge in [-0.1, -0.05) is 66.7 Å². The molecule has 0 aliphatic rings. The van der Waals surface area contributed by atoms with E-state index >= 15 is 0 Å². The molecule has 0 aliphatic carbocycles. The third-order valence-electron chi connectivity index (χ3n) is 4.35. The van der Waals surface area contributed by atoms with Crippen molar-refractivity contribution in [2.45, 2.75) is 24.8 Å². The Morgan fingerprint density at radius 1 is 1.08 bits per heavy atom. The largest absolute Gasteiger partial charge is 0.467 e. The van der Waals surface area contributed by atoms with Gasteiger partial charge in [0, 0.05) is 0 Å². The van der Waals surface area contributed by atoms with Crippen LogP contribution in [0, 0.1) is 0 Å². The van der Waals surface area contributed by atoms with Crippen molar-refractivity contribution in [3.63, 3.8) is 0 Å². The first-order valence-corrected chi connectivity index (χ1v) is 8.14. The molecule has 130 valence electrons. The first-order chi connectivity index (χ1) is 12.0. The number of esters is 1. The normalized spacial score (nSPS) is 12.1.